The number of nitrogens with zero attached hydrogens (tertiary/aromatic N) is 4. The molecule has 2 aromatic carbocycles. The van der Waals surface area contributed by atoms with Gasteiger partial charge in [0.15, 0.2) is 5.41 Å². The summed E-state index contributed by atoms with van der Waals surface area (Å²) in [5, 5.41) is 30.1. The first-order valence-electron chi connectivity index (χ1n) is 11.2. The number of hydrogen-bond donors (Lipinski definition) is 1. The average molecular weight is 503 g/mol. The maximum absolute atomic E-state index is 14.0. The van der Waals surface area contributed by atoms with E-state index in [9.17, 15) is 33.8 Å². The van der Waals surface area contributed by atoms with Gasteiger partial charge in [-0.15, -0.1) is 0 Å². The Morgan fingerprint density at radius 2 is 1.73 bits per heavy atom. The van der Waals surface area contributed by atoms with Gasteiger partial charge < -0.3 is 15.4 Å². The maximum atomic E-state index is 14.0. The number of alkyl halides is 3. The molecule has 1 amide bonds. The van der Waals surface area contributed by atoms with Gasteiger partial charge in [-0.2, -0.15) is 29.0 Å². The zero-order chi connectivity index (χ0) is 26.8. The van der Waals surface area contributed by atoms with Gasteiger partial charge in [0, 0.05) is 24.9 Å². The molecule has 0 saturated carbocycles. The second-order valence-corrected chi connectivity index (χ2v) is 8.71. The summed E-state index contributed by atoms with van der Waals surface area (Å²) in [5.74, 6) is -2.41. The van der Waals surface area contributed by atoms with Crippen LogP contribution in [0.25, 0.3) is 0 Å². The molecule has 0 saturated heterocycles. The molecule has 1 aliphatic heterocycles. The Morgan fingerprint density at radius 1 is 1.08 bits per heavy atom. The average Bonchev–Trinajstić information content (AvgIpc) is 2.91. The lowest BCUT2D eigenvalue weighted by atomic mass is 9.57. The van der Waals surface area contributed by atoms with Crippen LogP contribution in [0.3, 0.4) is 0 Å². The van der Waals surface area contributed by atoms with Crippen LogP contribution >= 0.6 is 0 Å². The minimum atomic E-state index is -4.78. The zero-order valence-electron chi connectivity index (χ0n) is 19.4. The highest BCUT2D eigenvalue weighted by Crippen LogP contribution is 2.55. The monoisotopic (exact) mass is 503 g/mol. The number of carbonyl (C=O) groups excluding carboxylic acids is 1. The number of halogens is 3. The molecule has 1 aliphatic carbocycles. The summed E-state index contributed by atoms with van der Waals surface area (Å²) >= 11 is 0. The summed E-state index contributed by atoms with van der Waals surface area (Å²) < 4.78 is 47.5. The standard InChI is InChI=1S/C27H20F3N5O2/c28-27(29,30)22-9-5-4-8-19(22)23-21-13-35(25(36)37-14-17-6-2-1-3-7-17)11-10-18(21)20(12-31)24(34)26(23,15-32)16-33/h1-10,21,23H,11,13-14,34H2/t21-,23-/m0/s1. The smallest absolute Gasteiger partial charge is 0.416 e. The third-order valence-corrected chi connectivity index (χ3v) is 6.73. The van der Waals surface area contributed by atoms with Gasteiger partial charge in [-0.05, 0) is 22.8 Å². The van der Waals surface area contributed by atoms with Crippen molar-refractivity contribution in [1.82, 2.24) is 4.90 Å². The Bertz CT molecular complexity index is 1400. The van der Waals surface area contributed by atoms with Gasteiger partial charge in [0.05, 0.1) is 29.0 Å². The van der Waals surface area contributed by atoms with Crippen LogP contribution in [-0.4, -0.2) is 24.1 Å². The lowest BCUT2D eigenvalue weighted by Gasteiger charge is -2.45. The molecule has 10 heteroatoms. The van der Waals surface area contributed by atoms with E-state index in [1.54, 1.807) is 24.3 Å². The van der Waals surface area contributed by atoms with Crippen LogP contribution < -0.4 is 5.73 Å². The minimum absolute atomic E-state index is 0.0116. The fourth-order valence-corrected chi connectivity index (χ4v) is 5.01. The molecule has 0 unspecified atom stereocenters. The first kappa shape index (κ1) is 25.3. The Hall–Kier alpha value is -4.75. The van der Waals surface area contributed by atoms with E-state index in [0.717, 1.165) is 11.6 Å². The van der Waals surface area contributed by atoms with Crippen LogP contribution in [0.5, 0.6) is 0 Å². The van der Waals surface area contributed by atoms with Crippen molar-refractivity contribution in [2.45, 2.75) is 18.7 Å². The highest BCUT2D eigenvalue weighted by atomic mass is 19.4. The summed E-state index contributed by atoms with van der Waals surface area (Å²) in [7, 11) is 0. The normalized spacial score (nSPS) is 20.5. The van der Waals surface area contributed by atoms with Gasteiger partial charge in [-0.1, -0.05) is 54.6 Å². The number of nitrogens with two attached hydrogens (primary N) is 1. The number of amides is 1. The summed E-state index contributed by atoms with van der Waals surface area (Å²) in [6.45, 7) is -0.189. The second-order valence-electron chi connectivity index (χ2n) is 8.71. The first-order valence-corrected chi connectivity index (χ1v) is 11.2. The fraction of sp³-hybridized carbons (Fsp3) is 0.259. The van der Waals surface area contributed by atoms with Gasteiger partial charge >= 0.3 is 12.3 Å². The second kappa shape index (κ2) is 9.72. The molecule has 1 heterocycles. The van der Waals surface area contributed by atoms with Crippen molar-refractivity contribution in [3.05, 3.63) is 94.2 Å². The van der Waals surface area contributed by atoms with Crippen LogP contribution in [0.1, 0.15) is 22.6 Å². The zero-order valence-corrected chi connectivity index (χ0v) is 19.4. The topological polar surface area (TPSA) is 127 Å². The van der Waals surface area contributed by atoms with Crippen LogP contribution in [0, 0.1) is 45.3 Å². The predicted octanol–water partition coefficient (Wildman–Crippen LogP) is 4.77. The van der Waals surface area contributed by atoms with Gasteiger partial charge in [-0.25, -0.2) is 4.79 Å². The van der Waals surface area contributed by atoms with Crippen LogP contribution in [0.15, 0.2) is 77.5 Å². The van der Waals surface area contributed by atoms with Gasteiger partial charge in [0.25, 0.3) is 0 Å². The van der Waals surface area contributed by atoms with E-state index in [1.165, 1.54) is 29.2 Å². The molecule has 2 aliphatic rings. The number of allylic oxidation sites excluding steroid dienone is 2. The lowest BCUT2D eigenvalue weighted by molar-refractivity contribution is -0.138. The van der Waals surface area contributed by atoms with Crippen molar-refractivity contribution in [2.75, 3.05) is 13.1 Å². The number of ether oxygens (including phenoxy) is 1. The number of benzene rings is 2. The summed E-state index contributed by atoms with van der Waals surface area (Å²) in [4.78, 5) is 14.2. The molecular formula is C27H20F3N5O2. The van der Waals surface area contributed by atoms with Gasteiger partial charge in [0.2, 0.25) is 0 Å². The molecule has 7 nitrogen and oxygen atoms in total. The maximum Gasteiger partial charge on any atom is 0.416 e. The molecule has 0 radical (unpaired) electrons. The molecule has 4 rings (SSSR count). The van der Waals surface area contributed by atoms with Crippen LogP contribution in [-0.2, 0) is 17.5 Å². The minimum Gasteiger partial charge on any atom is -0.445 e. The SMILES string of the molecule is N#CC1=C(N)C(C#N)(C#N)[C@@H](c2ccccc2C(F)(F)F)[C@H]2CN(C(=O)OCc3ccccc3)CC=C12. The molecule has 37 heavy (non-hydrogen) atoms. The Balaban J connectivity index is 1.81. The number of rotatable bonds is 3. The van der Waals surface area contributed by atoms with E-state index in [4.69, 9.17) is 10.5 Å². The number of carbonyl (C=O) groups is 1. The van der Waals surface area contributed by atoms with Crippen LogP contribution in [0.4, 0.5) is 18.0 Å². The van der Waals surface area contributed by atoms with Gasteiger partial charge in [-0.3, -0.25) is 0 Å². The summed E-state index contributed by atoms with van der Waals surface area (Å²) in [5.41, 5.74) is 3.08. The Morgan fingerprint density at radius 3 is 2.35 bits per heavy atom. The molecule has 186 valence electrons. The molecule has 0 fully saturated rings. The van der Waals surface area contributed by atoms with E-state index < -0.39 is 40.8 Å². The molecule has 2 aromatic rings. The largest absolute Gasteiger partial charge is 0.445 e. The highest BCUT2D eigenvalue weighted by molar-refractivity contribution is 5.69. The lowest BCUT2D eigenvalue weighted by Crippen LogP contribution is -2.49. The van der Waals surface area contributed by atoms with Crippen molar-refractivity contribution in [2.24, 2.45) is 17.1 Å². The quantitative estimate of drug-likeness (QED) is 0.643. The van der Waals surface area contributed by atoms with E-state index in [1.807, 2.05) is 24.3 Å². The van der Waals surface area contributed by atoms with Crippen molar-refractivity contribution in [3.8, 4) is 18.2 Å². The molecule has 2 N–H and O–H groups in total. The molecule has 0 bridgehead atoms. The van der Waals surface area contributed by atoms with E-state index in [2.05, 4.69) is 0 Å². The van der Waals surface area contributed by atoms with Crippen molar-refractivity contribution in [1.29, 1.82) is 15.8 Å². The van der Waals surface area contributed by atoms with Crippen molar-refractivity contribution < 1.29 is 22.7 Å². The molecular weight excluding hydrogens is 483 g/mol. The summed E-state index contributed by atoms with van der Waals surface area (Å²) in [6, 6.07) is 19.1. The predicted molar refractivity (Wildman–Crippen MR) is 124 cm³/mol. The van der Waals surface area contributed by atoms with Crippen molar-refractivity contribution >= 4 is 6.09 Å². The Labute approximate surface area is 211 Å². The fourth-order valence-electron chi connectivity index (χ4n) is 5.01. The van der Waals surface area contributed by atoms with E-state index in [-0.39, 0.29) is 30.8 Å². The molecule has 0 aromatic heterocycles. The van der Waals surface area contributed by atoms with E-state index in [0.29, 0.717) is 5.57 Å². The third-order valence-electron chi connectivity index (χ3n) is 6.73. The molecule has 0 spiro atoms. The third kappa shape index (κ3) is 4.37. The Kier molecular flexibility index (Phi) is 6.66. The number of nitriles is 3. The van der Waals surface area contributed by atoms with Crippen LogP contribution in [0.2, 0.25) is 0 Å². The van der Waals surface area contributed by atoms with Gasteiger partial charge in [0.1, 0.15) is 12.7 Å². The number of fused-ring (bicyclic) bond motifs is 1. The highest BCUT2D eigenvalue weighted by Gasteiger charge is 2.56. The van der Waals surface area contributed by atoms with Crippen molar-refractivity contribution in [3.63, 3.8) is 0 Å². The number of hydrogen-bond acceptors (Lipinski definition) is 6. The molecule has 2 atom stereocenters. The first-order chi connectivity index (χ1) is 17.7. The van der Waals surface area contributed by atoms with E-state index >= 15 is 0 Å². The summed E-state index contributed by atoms with van der Waals surface area (Å²) in [6.07, 6.45) is -3.98.